The number of aliphatic carboxylic acids is 2. The molecule has 3 N–H and O–H groups in total. The molecular weight excluding hydrogens is 322 g/mol. The van der Waals surface area contributed by atoms with Crippen LogP contribution in [-0.2, 0) is 15.8 Å². The van der Waals surface area contributed by atoms with Crippen LogP contribution in [0, 0.1) is 5.82 Å². The van der Waals surface area contributed by atoms with Crippen molar-refractivity contribution in [1.29, 1.82) is 0 Å². The first-order valence-corrected chi connectivity index (χ1v) is 6.11. The number of alkyl halides is 3. The van der Waals surface area contributed by atoms with Crippen LogP contribution in [0.1, 0.15) is 17.0 Å². The number of benzene rings is 1. The third kappa shape index (κ3) is 3.33. The molecule has 0 spiro atoms. The molecule has 0 amide bonds. The highest BCUT2D eigenvalue weighted by Crippen LogP contribution is 2.37. The predicted molar refractivity (Wildman–Crippen MR) is 68.7 cm³/mol. The van der Waals surface area contributed by atoms with Crippen molar-refractivity contribution in [2.45, 2.75) is 12.1 Å². The second-order valence-corrected chi connectivity index (χ2v) is 4.68. The van der Waals surface area contributed by atoms with Crippen molar-refractivity contribution in [2.24, 2.45) is 0 Å². The highest BCUT2D eigenvalue weighted by atomic mass is 19.4. The van der Waals surface area contributed by atoms with Crippen molar-refractivity contribution in [1.82, 2.24) is 5.32 Å². The molecule has 0 unspecified atom stereocenters. The fraction of sp³-hybridized carbons (Fsp3) is 0.143. The summed E-state index contributed by atoms with van der Waals surface area (Å²) in [5, 5.41) is 20.6. The number of dihydropyridines is 1. The van der Waals surface area contributed by atoms with Gasteiger partial charge < -0.3 is 15.5 Å². The van der Waals surface area contributed by atoms with E-state index >= 15 is 0 Å². The number of carboxylic acids is 2. The van der Waals surface area contributed by atoms with Gasteiger partial charge in [0, 0.05) is 12.4 Å². The molecule has 1 aromatic rings. The minimum atomic E-state index is -4.86. The van der Waals surface area contributed by atoms with Crippen molar-refractivity contribution in [3.05, 3.63) is 58.7 Å². The van der Waals surface area contributed by atoms with Crippen LogP contribution in [0.15, 0.2) is 41.7 Å². The molecule has 0 radical (unpaired) electrons. The van der Waals surface area contributed by atoms with Gasteiger partial charge in [0.25, 0.3) is 0 Å². The average molecular weight is 331 g/mol. The summed E-state index contributed by atoms with van der Waals surface area (Å²) in [5.74, 6) is -5.86. The number of nitrogens with one attached hydrogen (secondary N) is 1. The maximum Gasteiger partial charge on any atom is 0.416 e. The second kappa shape index (κ2) is 5.75. The van der Waals surface area contributed by atoms with Gasteiger partial charge in [-0.15, -0.1) is 0 Å². The van der Waals surface area contributed by atoms with E-state index in [-0.39, 0.29) is 6.07 Å². The third-order valence-corrected chi connectivity index (χ3v) is 3.17. The highest BCUT2D eigenvalue weighted by Gasteiger charge is 2.36. The Morgan fingerprint density at radius 3 is 1.96 bits per heavy atom. The zero-order chi connectivity index (χ0) is 17.4. The number of hydrogen-bond donors (Lipinski definition) is 3. The molecule has 0 aromatic heterocycles. The van der Waals surface area contributed by atoms with Crippen LogP contribution < -0.4 is 5.32 Å². The third-order valence-electron chi connectivity index (χ3n) is 3.17. The van der Waals surface area contributed by atoms with E-state index in [9.17, 15) is 27.2 Å². The fourth-order valence-electron chi connectivity index (χ4n) is 2.23. The van der Waals surface area contributed by atoms with Crippen molar-refractivity contribution >= 4 is 11.9 Å². The van der Waals surface area contributed by atoms with E-state index < -0.39 is 52.1 Å². The molecular formula is C14H9F4NO4. The van der Waals surface area contributed by atoms with Gasteiger partial charge in [-0.2, -0.15) is 13.2 Å². The van der Waals surface area contributed by atoms with E-state index in [1.807, 2.05) is 0 Å². The van der Waals surface area contributed by atoms with Crippen molar-refractivity contribution < 1.29 is 37.4 Å². The Morgan fingerprint density at radius 2 is 1.52 bits per heavy atom. The van der Waals surface area contributed by atoms with Gasteiger partial charge in [-0.1, -0.05) is 0 Å². The van der Waals surface area contributed by atoms with E-state index in [4.69, 9.17) is 10.2 Å². The maximum absolute atomic E-state index is 13.5. The van der Waals surface area contributed by atoms with Gasteiger partial charge >= 0.3 is 18.1 Å². The number of rotatable bonds is 3. The summed E-state index contributed by atoms with van der Waals surface area (Å²) in [6.07, 6.45) is -2.97. The van der Waals surface area contributed by atoms with E-state index in [0.717, 1.165) is 12.4 Å². The summed E-state index contributed by atoms with van der Waals surface area (Å²) in [4.78, 5) is 22.5. The molecule has 9 heteroatoms. The molecule has 23 heavy (non-hydrogen) atoms. The fourth-order valence-corrected chi connectivity index (χ4v) is 2.23. The van der Waals surface area contributed by atoms with Gasteiger partial charge in [0.05, 0.1) is 22.6 Å². The SMILES string of the molecule is O=C(O)C1=CNC=C(C(=O)O)C1c1cc(F)cc(C(F)(F)F)c1. The Balaban J connectivity index is 2.64. The molecule has 1 aromatic carbocycles. The topological polar surface area (TPSA) is 86.6 Å². The summed E-state index contributed by atoms with van der Waals surface area (Å²) >= 11 is 0. The van der Waals surface area contributed by atoms with Gasteiger partial charge in [0.15, 0.2) is 0 Å². The Labute approximate surface area is 126 Å². The molecule has 0 aliphatic carbocycles. The highest BCUT2D eigenvalue weighted by molar-refractivity contribution is 5.97. The van der Waals surface area contributed by atoms with Crippen molar-refractivity contribution in [2.75, 3.05) is 0 Å². The lowest BCUT2D eigenvalue weighted by atomic mass is 9.83. The van der Waals surface area contributed by atoms with Crippen LogP contribution in [0.5, 0.6) is 0 Å². The standard InChI is InChI=1S/C14H9F4NO4/c15-8-2-6(1-7(3-8)14(16,17)18)11-9(12(20)21)4-19-5-10(11)13(22)23/h1-5,11,19H,(H,20,21)(H,22,23). The van der Waals surface area contributed by atoms with Gasteiger partial charge in [-0.05, 0) is 23.8 Å². The molecule has 0 bridgehead atoms. The molecule has 5 nitrogen and oxygen atoms in total. The first kappa shape index (κ1) is 16.5. The quantitative estimate of drug-likeness (QED) is 0.741. The van der Waals surface area contributed by atoms with Crippen LogP contribution >= 0.6 is 0 Å². The molecule has 0 saturated heterocycles. The van der Waals surface area contributed by atoms with Crippen LogP contribution in [0.3, 0.4) is 0 Å². The van der Waals surface area contributed by atoms with Crippen LogP contribution in [-0.4, -0.2) is 22.2 Å². The minimum absolute atomic E-state index is 0.249. The van der Waals surface area contributed by atoms with Crippen molar-refractivity contribution in [3.8, 4) is 0 Å². The molecule has 1 aliphatic heterocycles. The predicted octanol–water partition coefficient (Wildman–Crippen LogP) is 2.47. The van der Waals surface area contributed by atoms with Gasteiger partial charge in [-0.25, -0.2) is 14.0 Å². The normalized spacial score (nSPS) is 15.5. The zero-order valence-corrected chi connectivity index (χ0v) is 11.2. The van der Waals surface area contributed by atoms with Crippen LogP contribution in [0.2, 0.25) is 0 Å². The Hall–Kier alpha value is -2.84. The number of hydrogen-bond acceptors (Lipinski definition) is 3. The largest absolute Gasteiger partial charge is 0.478 e. The van der Waals surface area contributed by atoms with E-state index in [2.05, 4.69) is 5.32 Å². The van der Waals surface area contributed by atoms with Crippen LogP contribution in [0.25, 0.3) is 0 Å². The monoisotopic (exact) mass is 331 g/mol. The van der Waals surface area contributed by atoms with Crippen molar-refractivity contribution in [3.63, 3.8) is 0 Å². The molecule has 1 aliphatic rings. The van der Waals surface area contributed by atoms with Gasteiger partial charge in [-0.3, -0.25) is 0 Å². The second-order valence-electron chi connectivity index (χ2n) is 4.68. The first-order chi connectivity index (χ1) is 10.6. The smallest absolute Gasteiger partial charge is 0.416 e. The zero-order valence-electron chi connectivity index (χ0n) is 11.2. The molecule has 1 heterocycles. The number of carbonyl (C=O) groups is 2. The molecule has 0 saturated carbocycles. The summed E-state index contributed by atoms with van der Waals surface area (Å²) in [6, 6.07) is 1.46. The summed E-state index contributed by atoms with van der Waals surface area (Å²) in [6.45, 7) is 0. The Bertz CT molecular complexity index is 707. The molecule has 0 fully saturated rings. The first-order valence-electron chi connectivity index (χ1n) is 6.11. The Morgan fingerprint density at radius 1 is 1.00 bits per heavy atom. The lowest BCUT2D eigenvalue weighted by molar-refractivity contribution is -0.138. The molecule has 122 valence electrons. The average Bonchev–Trinajstić information content (AvgIpc) is 2.44. The molecule has 0 atom stereocenters. The van der Waals surface area contributed by atoms with Crippen LogP contribution in [0.4, 0.5) is 17.6 Å². The van der Waals surface area contributed by atoms with E-state index in [0.29, 0.717) is 12.1 Å². The maximum atomic E-state index is 13.5. The van der Waals surface area contributed by atoms with E-state index in [1.165, 1.54) is 0 Å². The van der Waals surface area contributed by atoms with E-state index in [1.54, 1.807) is 0 Å². The lowest BCUT2D eigenvalue weighted by Gasteiger charge is -2.23. The summed E-state index contributed by atoms with van der Waals surface area (Å²) in [5.41, 5.74) is -2.77. The minimum Gasteiger partial charge on any atom is -0.478 e. The van der Waals surface area contributed by atoms with Gasteiger partial charge in [0.2, 0.25) is 0 Å². The summed E-state index contributed by atoms with van der Waals surface area (Å²) in [7, 11) is 0. The molecule has 2 rings (SSSR count). The Kier molecular flexibility index (Phi) is 4.13. The lowest BCUT2D eigenvalue weighted by Crippen LogP contribution is -2.25. The number of halogens is 4. The summed E-state index contributed by atoms with van der Waals surface area (Å²) < 4.78 is 51.9. The number of carboxylic acid groups (broad SMARTS) is 2. The van der Waals surface area contributed by atoms with Gasteiger partial charge in [0.1, 0.15) is 5.82 Å².